The van der Waals surface area contributed by atoms with Crippen molar-refractivity contribution in [1.82, 2.24) is 9.78 Å². The molecule has 1 atom stereocenters. The Morgan fingerprint density at radius 1 is 1.57 bits per heavy atom. The average molecular weight is 208 g/mol. The van der Waals surface area contributed by atoms with Gasteiger partial charge in [-0.15, -0.1) is 0 Å². The van der Waals surface area contributed by atoms with Gasteiger partial charge in [0.05, 0.1) is 6.42 Å². The predicted octanol–water partition coefficient (Wildman–Crippen LogP) is 1.46. The van der Waals surface area contributed by atoms with Gasteiger partial charge < -0.3 is 5.11 Å². The molecule has 0 amide bonds. The smallest absolute Gasteiger partial charge is 0.411 e. The molecule has 0 unspecified atom stereocenters. The third kappa shape index (κ3) is 2.48. The maximum absolute atomic E-state index is 12.3. The largest absolute Gasteiger partial charge is 0.481 e. The van der Waals surface area contributed by atoms with E-state index in [4.69, 9.17) is 5.11 Å². The Morgan fingerprint density at radius 2 is 2.21 bits per heavy atom. The van der Waals surface area contributed by atoms with Crippen molar-refractivity contribution in [2.45, 2.75) is 18.6 Å². The first-order chi connectivity index (χ1) is 6.41. The van der Waals surface area contributed by atoms with Crippen LogP contribution >= 0.6 is 0 Å². The van der Waals surface area contributed by atoms with Crippen molar-refractivity contribution in [2.24, 2.45) is 0 Å². The first-order valence-electron chi connectivity index (χ1n) is 3.69. The van der Waals surface area contributed by atoms with Crippen molar-refractivity contribution in [3.63, 3.8) is 0 Å². The van der Waals surface area contributed by atoms with Crippen molar-refractivity contribution in [1.29, 1.82) is 0 Å². The molecule has 7 heteroatoms. The van der Waals surface area contributed by atoms with Crippen LogP contribution in [0.2, 0.25) is 0 Å². The van der Waals surface area contributed by atoms with Gasteiger partial charge in [-0.3, -0.25) is 9.48 Å². The topological polar surface area (TPSA) is 55.1 Å². The van der Waals surface area contributed by atoms with E-state index in [1.54, 1.807) is 0 Å². The van der Waals surface area contributed by atoms with Crippen LogP contribution in [0, 0.1) is 0 Å². The van der Waals surface area contributed by atoms with E-state index in [0.717, 1.165) is 6.20 Å². The summed E-state index contributed by atoms with van der Waals surface area (Å²) in [6, 6.07) is -0.796. The van der Waals surface area contributed by atoms with E-state index in [9.17, 15) is 18.0 Å². The first kappa shape index (κ1) is 10.6. The molecule has 0 aliphatic heterocycles. The lowest BCUT2D eigenvalue weighted by atomic mass is 10.2. The monoisotopic (exact) mass is 208 g/mol. The van der Waals surface area contributed by atoms with E-state index in [0.29, 0.717) is 4.68 Å². The third-order valence-corrected chi connectivity index (χ3v) is 1.59. The Balaban J connectivity index is 2.89. The lowest BCUT2D eigenvalue weighted by Gasteiger charge is -2.18. The minimum atomic E-state index is -4.61. The zero-order chi connectivity index (χ0) is 10.8. The Labute approximate surface area is 77.0 Å². The fourth-order valence-corrected chi connectivity index (χ4v) is 0.990. The number of carbonyl (C=O) groups is 1. The van der Waals surface area contributed by atoms with Gasteiger partial charge in [-0.1, -0.05) is 0 Å². The van der Waals surface area contributed by atoms with Crippen molar-refractivity contribution >= 4 is 5.97 Å². The van der Waals surface area contributed by atoms with Gasteiger partial charge in [-0.2, -0.15) is 18.3 Å². The van der Waals surface area contributed by atoms with Crippen LogP contribution in [0.25, 0.3) is 0 Å². The summed E-state index contributed by atoms with van der Waals surface area (Å²) in [7, 11) is 0. The summed E-state index contributed by atoms with van der Waals surface area (Å²) in [5.74, 6) is -1.51. The zero-order valence-electron chi connectivity index (χ0n) is 6.90. The third-order valence-electron chi connectivity index (χ3n) is 1.59. The van der Waals surface area contributed by atoms with Gasteiger partial charge in [0.15, 0.2) is 6.04 Å². The van der Waals surface area contributed by atoms with E-state index < -0.39 is 24.6 Å². The maximum Gasteiger partial charge on any atom is 0.411 e. The molecule has 0 radical (unpaired) electrons. The number of alkyl halides is 3. The second-order valence-electron chi connectivity index (χ2n) is 2.64. The molecular formula is C7H7F3N2O2. The van der Waals surface area contributed by atoms with Crippen LogP contribution in [0.4, 0.5) is 13.2 Å². The molecular weight excluding hydrogens is 201 g/mol. The number of carboxylic acid groups (broad SMARTS) is 1. The molecule has 1 aromatic rings. The number of aromatic nitrogens is 2. The molecule has 1 aromatic heterocycles. The lowest BCUT2D eigenvalue weighted by Crippen LogP contribution is -2.29. The van der Waals surface area contributed by atoms with Crippen molar-refractivity contribution in [3.05, 3.63) is 18.5 Å². The van der Waals surface area contributed by atoms with Gasteiger partial charge in [-0.05, 0) is 6.07 Å². The Morgan fingerprint density at radius 3 is 2.57 bits per heavy atom. The maximum atomic E-state index is 12.3. The average Bonchev–Trinajstić information content (AvgIpc) is 2.49. The summed E-state index contributed by atoms with van der Waals surface area (Å²) in [4.78, 5) is 10.2. The predicted molar refractivity (Wildman–Crippen MR) is 39.6 cm³/mol. The van der Waals surface area contributed by atoms with E-state index in [1.807, 2.05) is 0 Å². The summed E-state index contributed by atoms with van der Waals surface area (Å²) in [5, 5.41) is 11.7. The second-order valence-corrected chi connectivity index (χ2v) is 2.64. The number of aliphatic carboxylic acids is 1. The summed E-state index contributed by atoms with van der Waals surface area (Å²) in [6.07, 6.45) is -3.38. The van der Waals surface area contributed by atoms with Crippen LogP contribution in [0.1, 0.15) is 12.5 Å². The van der Waals surface area contributed by atoms with Crippen molar-refractivity contribution < 1.29 is 23.1 Å². The fraction of sp³-hybridized carbons (Fsp3) is 0.429. The van der Waals surface area contributed by atoms with Crippen molar-refractivity contribution in [3.8, 4) is 0 Å². The molecule has 4 nitrogen and oxygen atoms in total. The van der Waals surface area contributed by atoms with Gasteiger partial charge in [0.2, 0.25) is 0 Å². The zero-order valence-corrected chi connectivity index (χ0v) is 6.90. The summed E-state index contributed by atoms with van der Waals surface area (Å²) in [6.45, 7) is 0. The highest BCUT2D eigenvalue weighted by molar-refractivity contribution is 5.67. The quantitative estimate of drug-likeness (QED) is 0.818. The number of halogens is 3. The second kappa shape index (κ2) is 3.69. The Kier molecular flexibility index (Phi) is 2.78. The first-order valence-corrected chi connectivity index (χ1v) is 3.69. The number of nitrogens with zero attached hydrogens (tertiary/aromatic N) is 2. The highest BCUT2D eigenvalue weighted by Crippen LogP contribution is 2.32. The molecule has 1 N–H and O–H groups in total. The molecule has 14 heavy (non-hydrogen) atoms. The van der Waals surface area contributed by atoms with Crippen LogP contribution < -0.4 is 0 Å². The molecule has 1 rings (SSSR count). The van der Waals surface area contributed by atoms with Gasteiger partial charge in [0.25, 0.3) is 0 Å². The minimum absolute atomic E-state index is 0.591. The normalized spacial score (nSPS) is 13.9. The van der Waals surface area contributed by atoms with E-state index in [-0.39, 0.29) is 0 Å². The fourth-order valence-electron chi connectivity index (χ4n) is 0.990. The van der Waals surface area contributed by atoms with Gasteiger partial charge in [0.1, 0.15) is 0 Å². The van der Waals surface area contributed by atoms with Gasteiger partial charge in [0, 0.05) is 12.4 Å². The molecule has 0 saturated heterocycles. The SMILES string of the molecule is O=C(O)C[C@@H](n1cccn1)C(F)(F)F. The number of carboxylic acids is 1. The highest BCUT2D eigenvalue weighted by atomic mass is 19.4. The molecule has 0 bridgehead atoms. The summed E-state index contributed by atoms with van der Waals surface area (Å²) in [5.41, 5.74) is 0. The molecule has 0 aliphatic carbocycles. The van der Waals surface area contributed by atoms with Crippen LogP contribution in [0.3, 0.4) is 0 Å². The number of rotatable bonds is 3. The van der Waals surface area contributed by atoms with E-state index in [2.05, 4.69) is 5.10 Å². The lowest BCUT2D eigenvalue weighted by molar-refractivity contribution is -0.179. The Hall–Kier alpha value is -1.53. The van der Waals surface area contributed by atoms with Crippen LogP contribution in [-0.2, 0) is 4.79 Å². The molecule has 0 saturated carbocycles. The molecule has 78 valence electrons. The standard InChI is InChI=1S/C7H7F3N2O2/c8-7(9,10)5(4-6(13)14)12-3-1-2-11-12/h1-3,5H,4H2,(H,13,14)/t5-/m1/s1. The van der Waals surface area contributed by atoms with Crippen LogP contribution in [-0.4, -0.2) is 27.0 Å². The summed E-state index contributed by atoms with van der Waals surface area (Å²) >= 11 is 0. The molecule has 0 spiro atoms. The van der Waals surface area contributed by atoms with Gasteiger partial charge in [-0.25, -0.2) is 0 Å². The minimum Gasteiger partial charge on any atom is -0.481 e. The molecule has 0 aromatic carbocycles. The molecule has 0 aliphatic rings. The van der Waals surface area contributed by atoms with Crippen molar-refractivity contribution in [2.75, 3.05) is 0 Å². The van der Waals surface area contributed by atoms with Gasteiger partial charge >= 0.3 is 12.1 Å². The number of hydrogen-bond acceptors (Lipinski definition) is 2. The van der Waals surface area contributed by atoms with E-state index in [1.165, 1.54) is 12.3 Å². The number of hydrogen-bond donors (Lipinski definition) is 1. The summed E-state index contributed by atoms with van der Waals surface area (Å²) < 4.78 is 37.5. The molecule has 1 heterocycles. The van der Waals surface area contributed by atoms with Crippen LogP contribution in [0.15, 0.2) is 18.5 Å². The van der Waals surface area contributed by atoms with E-state index >= 15 is 0 Å². The molecule has 0 fully saturated rings. The highest BCUT2D eigenvalue weighted by Gasteiger charge is 2.42. The Bertz CT molecular complexity index is 307. The van der Waals surface area contributed by atoms with Crippen LogP contribution in [0.5, 0.6) is 0 Å².